The highest BCUT2D eigenvalue weighted by Gasteiger charge is 2.23. The number of rotatable bonds is 0. The first kappa shape index (κ1) is 9.27. The fraction of sp³-hybridized carbons (Fsp3) is 0.857. The number of ether oxygens (including phenoxy) is 1. The summed E-state index contributed by atoms with van der Waals surface area (Å²) in [7, 11) is 1.73. The van der Waals surface area contributed by atoms with Crippen LogP contribution in [0.2, 0.25) is 0 Å². The lowest BCUT2D eigenvalue weighted by Gasteiger charge is -1.99. The monoisotopic (exact) mass is 145 g/mol. The topological polar surface area (TPSA) is 29.5 Å². The number of hydrogen-bond donors (Lipinski definition) is 0. The van der Waals surface area contributed by atoms with Gasteiger partial charge in [0.2, 0.25) is 0 Å². The highest BCUT2D eigenvalue weighted by Crippen LogP contribution is 2.06. The number of cyclic esters (lactones) is 1. The van der Waals surface area contributed by atoms with Crippen LogP contribution in [0.25, 0.3) is 0 Å². The average molecular weight is 145 g/mol. The normalized spacial score (nSPS) is 23.4. The van der Waals surface area contributed by atoms with Crippen molar-refractivity contribution >= 4 is 6.09 Å². The molecule has 1 atom stereocenters. The zero-order chi connectivity index (χ0) is 8.15. The van der Waals surface area contributed by atoms with E-state index >= 15 is 0 Å². The van der Waals surface area contributed by atoms with Crippen LogP contribution in [0.1, 0.15) is 20.8 Å². The van der Waals surface area contributed by atoms with Gasteiger partial charge in [0.25, 0.3) is 0 Å². The van der Waals surface area contributed by atoms with E-state index in [0.29, 0.717) is 0 Å². The summed E-state index contributed by atoms with van der Waals surface area (Å²) in [6.07, 6.45) is -0.134. The molecule has 1 amide bonds. The minimum atomic E-state index is -0.211. The maximum Gasteiger partial charge on any atom is 0.409 e. The lowest BCUT2D eigenvalue weighted by molar-refractivity contribution is 0.141. The van der Waals surface area contributed by atoms with Crippen LogP contribution in [-0.4, -0.2) is 30.7 Å². The molecule has 1 unspecified atom stereocenters. The van der Waals surface area contributed by atoms with Gasteiger partial charge in [0.15, 0.2) is 0 Å². The summed E-state index contributed by atoms with van der Waals surface area (Å²) in [5.74, 6) is 0. The van der Waals surface area contributed by atoms with Gasteiger partial charge in [-0.2, -0.15) is 0 Å². The molecule has 1 aliphatic heterocycles. The van der Waals surface area contributed by atoms with Crippen molar-refractivity contribution in [1.82, 2.24) is 4.90 Å². The molecule has 0 N–H and O–H groups in total. The van der Waals surface area contributed by atoms with Gasteiger partial charge >= 0.3 is 6.09 Å². The molecule has 10 heavy (non-hydrogen) atoms. The van der Waals surface area contributed by atoms with E-state index in [1.165, 1.54) is 0 Å². The van der Waals surface area contributed by atoms with Crippen LogP contribution >= 0.6 is 0 Å². The highest BCUT2D eigenvalue weighted by atomic mass is 16.6. The Bertz CT molecular complexity index is 114. The van der Waals surface area contributed by atoms with Gasteiger partial charge in [-0.05, 0) is 6.92 Å². The Kier molecular flexibility index (Phi) is 3.84. The van der Waals surface area contributed by atoms with Gasteiger partial charge < -0.3 is 9.64 Å². The van der Waals surface area contributed by atoms with Gasteiger partial charge in [-0.3, -0.25) is 0 Å². The first-order chi connectivity index (χ1) is 4.70. The molecule has 60 valence electrons. The van der Waals surface area contributed by atoms with Gasteiger partial charge in [-0.15, -0.1) is 0 Å². The maximum absolute atomic E-state index is 10.5. The van der Waals surface area contributed by atoms with E-state index in [9.17, 15) is 4.79 Å². The van der Waals surface area contributed by atoms with Gasteiger partial charge in [-0.1, -0.05) is 13.8 Å². The zero-order valence-electron chi connectivity index (χ0n) is 7.05. The largest absolute Gasteiger partial charge is 0.445 e. The summed E-state index contributed by atoms with van der Waals surface area (Å²) < 4.78 is 4.76. The number of likely N-dealkylation sites (N-methyl/N-ethyl adjacent to an activating group) is 1. The molecule has 1 fully saturated rings. The molecule has 1 saturated heterocycles. The summed E-state index contributed by atoms with van der Waals surface area (Å²) in [5, 5.41) is 0. The van der Waals surface area contributed by atoms with E-state index in [2.05, 4.69) is 0 Å². The fourth-order valence-corrected chi connectivity index (χ4v) is 0.760. The average Bonchev–Trinajstić information content (AvgIpc) is 2.16. The number of carbonyl (C=O) groups is 1. The van der Waals surface area contributed by atoms with Crippen molar-refractivity contribution in [3.05, 3.63) is 0 Å². The van der Waals surface area contributed by atoms with E-state index in [1.807, 2.05) is 20.8 Å². The van der Waals surface area contributed by atoms with Crippen molar-refractivity contribution in [1.29, 1.82) is 0 Å². The highest BCUT2D eigenvalue weighted by molar-refractivity contribution is 5.69. The van der Waals surface area contributed by atoms with Crippen LogP contribution in [0.3, 0.4) is 0 Å². The van der Waals surface area contributed by atoms with Gasteiger partial charge in [0, 0.05) is 7.05 Å². The van der Waals surface area contributed by atoms with Crippen LogP contribution in [0.15, 0.2) is 0 Å². The SMILES string of the molecule is CC.CC1CN(C)C(=O)O1. The maximum atomic E-state index is 10.5. The van der Waals surface area contributed by atoms with Crippen molar-refractivity contribution in [2.75, 3.05) is 13.6 Å². The van der Waals surface area contributed by atoms with Gasteiger partial charge in [0.1, 0.15) is 6.10 Å². The Morgan fingerprint density at radius 3 is 2.20 bits per heavy atom. The first-order valence-electron chi connectivity index (χ1n) is 3.62. The minimum absolute atomic E-state index is 0.0764. The van der Waals surface area contributed by atoms with E-state index in [1.54, 1.807) is 11.9 Å². The molecule has 0 aromatic heterocycles. The molecule has 1 aliphatic rings. The smallest absolute Gasteiger partial charge is 0.409 e. The molecule has 0 bridgehead atoms. The third-order valence-electron chi connectivity index (χ3n) is 1.14. The van der Waals surface area contributed by atoms with Crippen LogP contribution in [0, 0.1) is 0 Å². The van der Waals surface area contributed by atoms with Gasteiger partial charge in [-0.25, -0.2) is 4.79 Å². The predicted octanol–water partition coefficient (Wildman–Crippen LogP) is 1.48. The van der Waals surface area contributed by atoms with Crippen molar-refractivity contribution in [3.8, 4) is 0 Å². The molecule has 0 aliphatic carbocycles. The standard InChI is InChI=1S/C5H9NO2.C2H6/c1-4-3-6(2)5(7)8-4;1-2/h4H,3H2,1-2H3;1-2H3. The van der Waals surface area contributed by atoms with Crippen molar-refractivity contribution < 1.29 is 9.53 Å². The summed E-state index contributed by atoms with van der Waals surface area (Å²) in [4.78, 5) is 12.0. The predicted molar refractivity (Wildman–Crippen MR) is 39.9 cm³/mol. The third-order valence-corrected chi connectivity index (χ3v) is 1.14. The molecule has 0 aromatic rings. The number of carbonyl (C=O) groups excluding carboxylic acids is 1. The molecule has 1 heterocycles. The number of amides is 1. The Hall–Kier alpha value is -0.730. The Labute approximate surface area is 62.0 Å². The molecule has 0 saturated carbocycles. The molecule has 3 nitrogen and oxygen atoms in total. The fourth-order valence-electron chi connectivity index (χ4n) is 0.760. The van der Waals surface area contributed by atoms with Crippen molar-refractivity contribution in [3.63, 3.8) is 0 Å². The molecule has 3 heteroatoms. The Balaban J connectivity index is 0.000000371. The molecular weight excluding hydrogens is 130 g/mol. The first-order valence-corrected chi connectivity index (χ1v) is 3.62. The zero-order valence-corrected chi connectivity index (χ0v) is 7.05. The molecule has 0 aromatic carbocycles. The molecule has 1 rings (SSSR count). The van der Waals surface area contributed by atoms with E-state index in [0.717, 1.165) is 6.54 Å². The van der Waals surface area contributed by atoms with Gasteiger partial charge in [0.05, 0.1) is 6.54 Å². The minimum Gasteiger partial charge on any atom is -0.445 e. The molecular formula is C7H15NO2. The Morgan fingerprint density at radius 2 is 2.10 bits per heavy atom. The van der Waals surface area contributed by atoms with Crippen molar-refractivity contribution in [2.24, 2.45) is 0 Å². The summed E-state index contributed by atoms with van der Waals surface area (Å²) in [5.41, 5.74) is 0. The Morgan fingerprint density at radius 1 is 1.60 bits per heavy atom. The third kappa shape index (κ3) is 2.25. The van der Waals surface area contributed by atoms with E-state index in [4.69, 9.17) is 4.74 Å². The van der Waals surface area contributed by atoms with E-state index < -0.39 is 0 Å². The second-order valence-electron chi connectivity index (χ2n) is 2.07. The quantitative estimate of drug-likeness (QED) is 0.516. The molecule has 0 radical (unpaired) electrons. The lowest BCUT2D eigenvalue weighted by Crippen LogP contribution is -2.18. The van der Waals surface area contributed by atoms with Crippen LogP contribution in [0.4, 0.5) is 4.79 Å². The molecule has 0 spiro atoms. The van der Waals surface area contributed by atoms with Crippen LogP contribution in [-0.2, 0) is 4.74 Å². The second kappa shape index (κ2) is 4.14. The summed E-state index contributed by atoms with van der Waals surface area (Å²) >= 11 is 0. The summed E-state index contributed by atoms with van der Waals surface area (Å²) in [6.45, 7) is 6.60. The van der Waals surface area contributed by atoms with Crippen molar-refractivity contribution in [2.45, 2.75) is 26.9 Å². The van der Waals surface area contributed by atoms with Crippen LogP contribution < -0.4 is 0 Å². The number of nitrogens with zero attached hydrogens (tertiary/aromatic N) is 1. The summed E-state index contributed by atoms with van der Waals surface area (Å²) in [6, 6.07) is 0. The van der Waals surface area contributed by atoms with E-state index in [-0.39, 0.29) is 12.2 Å². The van der Waals surface area contributed by atoms with Crippen LogP contribution in [0.5, 0.6) is 0 Å². The second-order valence-corrected chi connectivity index (χ2v) is 2.07. The number of hydrogen-bond acceptors (Lipinski definition) is 2. The lowest BCUT2D eigenvalue weighted by atomic mass is 10.4.